The van der Waals surface area contributed by atoms with Crippen LogP contribution in [0.2, 0.25) is 0 Å². The number of aliphatic carboxylic acids is 1. The van der Waals surface area contributed by atoms with Gasteiger partial charge in [0, 0.05) is 30.5 Å². The third kappa shape index (κ3) is 8.96. The fourth-order valence-electron chi connectivity index (χ4n) is 4.41. The van der Waals surface area contributed by atoms with Gasteiger partial charge >= 0.3 is 29.6 Å². The molecule has 0 unspecified atom stereocenters. The second kappa shape index (κ2) is 14.0. The van der Waals surface area contributed by atoms with E-state index in [9.17, 15) is 14.7 Å². The summed E-state index contributed by atoms with van der Waals surface area (Å²) in [6, 6.07) is 5.88. The summed E-state index contributed by atoms with van der Waals surface area (Å²) in [5.41, 5.74) is 0.867. The van der Waals surface area contributed by atoms with E-state index in [1.54, 1.807) is 19.3 Å². The first kappa shape index (κ1) is 27.7. The van der Waals surface area contributed by atoms with Crippen LogP contribution >= 0.6 is 0 Å². The number of rotatable bonds is 9. The average molecular weight is 467 g/mol. The van der Waals surface area contributed by atoms with E-state index in [0.717, 1.165) is 44.0 Å². The third-order valence-electron chi connectivity index (χ3n) is 6.56. The molecular weight excluding hydrogens is 431 g/mol. The smallest absolute Gasteiger partial charge is 0.550 e. The number of hydrogen-bond donors (Lipinski definition) is 1. The number of amides is 1. The zero-order chi connectivity index (χ0) is 22.9. The molecule has 2 fully saturated rings. The summed E-state index contributed by atoms with van der Waals surface area (Å²) >= 11 is 0. The number of nitrogens with one attached hydrogen (secondary N) is 1. The quantitative estimate of drug-likeness (QED) is 0.380. The Kier molecular flexibility index (Phi) is 11.7. The normalized spacial score (nSPS) is 21.9. The van der Waals surface area contributed by atoms with Gasteiger partial charge in [-0.2, -0.15) is 0 Å². The molecule has 1 aliphatic heterocycles. The van der Waals surface area contributed by atoms with E-state index in [1.165, 1.54) is 12.8 Å². The van der Waals surface area contributed by atoms with Gasteiger partial charge in [-0.3, -0.25) is 9.69 Å². The summed E-state index contributed by atoms with van der Waals surface area (Å²) in [5.74, 6) is 0.682. The molecule has 1 N–H and O–H groups in total. The first-order valence-electron chi connectivity index (χ1n) is 11.7. The molecule has 1 saturated heterocycles. The van der Waals surface area contributed by atoms with Crippen molar-refractivity contribution >= 4 is 18.0 Å². The molecule has 0 bridgehead atoms. The van der Waals surface area contributed by atoms with Crippen LogP contribution in [-0.4, -0.2) is 56.2 Å². The van der Waals surface area contributed by atoms with Gasteiger partial charge in [-0.15, -0.1) is 0 Å². The molecule has 8 heteroatoms. The van der Waals surface area contributed by atoms with Gasteiger partial charge < -0.3 is 24.7 Å². The molecular formula is C25H35N2NaO5. The third-order valence-corrected chi connectivity index (χ3v) is 6.56. The number of nitrogens with zero attached hydrogens (tertiary/aromatic N) is 1. The van der Waals surface area contributed by atoms with Gasteiger partial charge in [-0.1, -0.05) is 13.0 Å². The van der Waals surface area contributed by atoms with Gasteiger partial charge in [0.1, 0.15) is 6.61 Å². The number of hydrogen-bond acceptors (Lipinski definition) is 6. The Morgan fingerprint density at radius 2 is 1.82 bits per heavy atom. The van der Waals surface area contributed by atoms with E-state index in [1.807, 2.05) is 18.2 Å². The number of carboxylic acids is 1. The van der Waals surface area contributed by atoms with Crippen LogP contribution in [-0.2, 0) is 9.59 Å². The molecule has 1 saturated carbocycles. The van der Waals surface area contributed by atoms with Gasteiger partial charge in [0.25, 0.3) is 0 Å². The molecule has 0 aromatic heterocycles. The molecule has 2 aliphatic rings. The van der Waals surface area contributed by atoms with Crippen molar-refractivity contribution in [3.63, 3.8) is 0 Å². The number of piperidine rings is 1. The summed E-state index contributed by atoms with van der Waals surface area (Å²) in [5, 5.41) is 14.0. The van der Waals surface area contributed by atoms with Crippen molar-refractivity contribution in [1.82, 2.24) is 10.2 Å². The largest absolute Gasteiger partial charge is 1.00 e. The van der Waals surface area contributed by atoms with E-state index >= 15 is 0 Å². The van der Waals surface area contributed by atoms with Crippen LogP contribution in [0.1, 0.15) is 51.0 Å². The maximum atomic E-state index is 12.2. The van der Waals surface area contributed by atoms with E-state index in [4.69, 9.17) is 9.47 Å². The molecule has 3 rings (SSSR count). The molecule has 7 nitrogen and oxygen atoms in total. The standard InChI is InChI=1S/C25H36N2O5.Na/c1-18-3-7-21(8-4-18)26-24(28)10-6-19-5-9-22(23(17-19)31-2)32-16-15-27-13-11-20(12-14-27)25(29)30;/h5-6,9-10,17-18,20-21H,3-4,7-8,11-16H2,1-2H3,(H,26,28)(H,29,30);/q;+1/p-1. The summed E-state index contributed by atoms with van der Waals surface area (Å²) in [6.07, 6.45) is 9.06. The van der Waals surface area contributed by atoms with Gasteiger partial charge in [0.15, 0.2) is 11.5 Å². The van der Waals surface area contributed by atoms with E-state index in [-0.39, 0.29) is 47.4 Å². The van der Waals surface area contributed by atoms with Crippen LogP contribution in [0.3, 0.4) is 0 Å². The topological polar surface area (TPSA) is 90.9 Å². The summed E-state index contributed by atoms with van der Waals surface area (Å²) in [4.78, 5) is 25.4. The molecule has 1 aromatic rings. The zero-order valence-corrected chi connectivity index (χ0v) is 22.2. The number of methoxy groups -OCH3 is 1. The summed E-state index contributed by atoms with van der Waals surface area (Å²) in [6.45, 7) is 4.96. The second-order valence-electron chi connectivity index (χ2n) is 8.99. The Morgan fingerprint density at radius 1 is 1.12 bits per heavy atom. The van der Waals surface area contributed by atoms with Crippen molar-refractivity contribution < 1.29 is 53.7 Å². The molecule has 1 heterocycles. The Balaban J connectivity index is 0.00000385. The minimum Gasteiger partial charge on any atom is -0.550 e. The molecule has 1 amide bonds. The Hall–Kier alpha value is -1.54. The van der Waals surface area contributed by atoms with Crippen molar-refractivity contribution in [2.45, 2.75) is 51.5 Å². The predicted molar refractivity (Wildman–Crippen MR) is 121 cm³/mol. The fraction of sp³-hybridized carbons (Fsp3) is 0.600. The van der Waals surface area contributed by atoms with Gasteiger partial charge in [0.05, 0.1) is 7.11 Å². The zero-order valence-electron chi connectivity index (χ0n) is 20.2. The SMILES string of the molecule is COc1cc(C=CC(=O)NC2CCC(C)CC2)ccc1OCCN1CCC(C(=O)[O-])CC1.[Na+]. The van der Waals surface area contributed by atoms with Gasteiger partial charge in [-0.05, 0) is 81.3 Å². The maximum absolute atomic E-state index is 12.2. The Bertz CT molecular complexity index is 800. The Labute approximate surface area is 219 Å². The first-order chi connectivity index (χ1) is 15.4. The summed E-state index contributed by atoms with van der Waals surface area (Å²) in [7, 11) is 1.59. The van der Waals surface area contributed by atoms with Crippen molar-refractivity contribution in [3.8, 4) is 11.5 Å². The van der Waals surface area contributed by atoms with Crippen LogP contribution in [0.25, 0.3) is 6.08 Å². The van der Waals surface area contributed by atoms with Crippen LogP contribution in [0, 0.1) is 11.8 Å². The maximum Gasteiger partial charge on any atom is 1.00 e. The van der Waals surface area contributed by atoms with Crippen LogP contribution in [0.4, 0.5) is 0 Å². The molecule has 1 aromatic carbocycles. The van der Waals surface area contributed by atoms with Crippen molar-refractivity contribution in [3.05, 3.63) is 29.8 Å². The predicted octanol–water partition coefficient (Wildman–Crippen LogP) is -0.752. The number of carboxylic acid groups (broad SMARTS) is 1. The summed E-state index contributed by atoms with van der Waals surface area (Å²) < 4.78 is 11.4. The van der Waals surface area contributed by atoms with Gasteiger partial charge in [0.2, 0.25) is 5.91 Å². The monoisotopic (exact) mass is 466 g/mol. The van der Waals surface area contributed by atoms with E-state index < -0.39 is 5.97 Å². The fourth-order valence-corrected chi connectivity index (χ4v) is 4.41. The van der Waals surface area contributed by atoms with E-state index in [2.05, 4.69) is 17.1 Å². The van der Waals surface area contributed by atoms with Crippen LogP contribution in [0.5, 0.6) is 11.5 Å². The molecule has 0 radical (unpaired) electrons. The number of carbonyl (C=O) groups excluding carboxylic acids is 2. The second-order valence-corrected chi connectivity index (χ2v) is 8.99. The molecule has 176 valence electrons. The minimum atomic E-state index is -0.944. The molecule has 1 aliphatic carbocycles. The van der Waals surface area contributed by atoms with E-state index in [0.29, 0.717) is 30.9 Å². The van der Waals surface area contributed by atoms with Crippen molar-refractivity contribution in [2.75, 3.05) is 33.4 Å². The minimum absolute atomic E-state index is 0. The van der Waals surface area contributed by atoms with Crippen LogP contribution < -0.4 is 49.5 Å². The number of likely N-dealkylation sites (tertiary alicyclic amines) is 1. The number of ether oxygens (including phenoxy) is 2. The molecule has 0 spiro atoms. The van der Waals surface area contributed by atoms with Gasteiger partial charge in [-0.25, -0.2) is 0 Å². The van der Waals surface area contributed by atoms with Crippen molar-refractivity contribution in [2.24, 2.45) is 11.8 Å². The number of benzene rings is 1. The molecule has 0 atom stereocenters. The first-order valence-corrected chi connectivity index (χ1v) is 11.7. The van der Waals surface area contributed by atoms with Crippen LogP contribution in [0.15, 0.2) is 24.3 Å². The number of carbonyl (C=O) groups is 2. The Morgan fingerprint density at radius 3 is 2.45 bits per heavy atom. The average Bonchev–Trinajstić information content (AvgIpc) is 2.80. The van der Waals surface area contributed by atoms with Crippen molar-refractivity contribution in [1.29, 1.82) is 0 Å². The molecule has 33 heavy (non-hydrogen) atoms.